The second kappa shape index (κ2) is 7.61. The molecule has 7 heteroatoms. The third kappa shape index (κ3) is 5.83. The molecule has 0 aliphatic heterocycles. The van der Waals surface area contributed by atoms with Gasteiger partial charge in [-0.25, -0.2) is 9.18 Å². The number of hydrogen-bond acceptors (Lipinski definition) is 4. The fourth-order valence-corrected chi connectivity index (χ4v) is 2.21. The van der Waals surface area contributed by atoms with Gasteiger partial charge in [0.05, 0.1) is 10.7 Å². The molecule has 0 radical (unpaired) electrons. The van der Waals surface area contributed by atoms with E-state index in [1.807, 2.05) is 0 Å². The third-order valence-corrected chi connectivity index (χ3v) is 3.41. The van der Waals surface area contributed by atoms with Gasteiger partial charge in [0.2, 0.25) is 0 Å². The lowest BCUT2D eigenvalue weighted by atomic mass is 10.2. The van der Waals surface area contributed by atoms with E-state index in [2.05, 4.69) is 10.6 Å². The lowest BCUT2D eigenvalue weighted by Gasteiger charge is -2.20. The number of nitrogens with one attached hydrogen (secondary N) is 2. The van der Waals surface area contributed by atoms with Crippen molar-refractivity contribution < 1.29 is 19.0 Å². The highest BCUT2D eigenvalue weighted by Gasteiger charge is 2.17. The van der Waals surface area contributed by atoms with Crippen molar-refractivity contribution in [2.45, 2.75) is 32.9 Å². The minimum absolute atomic E-state index is 0.0102. The van der Waals surface area contributed by atoms with Crippen LogP contribution in [0.4, 0.5) is 20.6 Å². The van der Waals surface area contributed by atoms with Crippen LogP contribution in [0.3, 0.4) is 0 Å². The lowest BCUT2D eigenvalue weighted by molar-refractivity contribution is 0.0635. The zero-order valence-electron chi connectivity index (χ0n) is 14.2. The Kier molecular flexibility index (Phi) is 5.74. The molecule has 5 nitrogen and oxygen atoms in total. The maximum absolute atomic E-state index is 13.9. The smallest absolute Gasteiger partial charge is 0.412 e. The van der Waals surface area contributed by atoms with Crippen LogP contribution in [-0.4, -0.2) is 16.8 Å². The molecule has 0 bridgehead atoms. The van der Waals surface area contributed by atoms with Crippen molar-refractivity contribution in [3.05, 3.63) is 52.8 Å². The second-order valence-corrected chi connectivity index (χ2v) is 6.87. The first kappa shape index (κ1) is 18.9. The van der Waals surface area contributed by atoms with E-state index >= 15 is 0 Å². The molecule has 2 aromatic rings. The van der Waals surface area contributed by atoms with E-state index in [0.29, 0.717) is 12.2 Å². The van der Waals surface area contributed by atoms with Gasteiger partial charge < -0.3 is 15.2 Å². The number of halogens is 2. The van der Waals surface area contributed by atoms with Crippen LogP contribution in [0.25, 0.3) is 0 Å². The van der Waals surface area contributed by atoms with Gasteiger partial charge in [-0.2, -0.15) is 0 Å². The quantitative estimate of drug-likeness (QED) is 0.700. The number of ether oxygens (including phenoxy) is 1. The number of rotatable bonds is 4. The lowest BCUT2D eigenvalue weighted by Crippen LogP contribution is -2.27. The maximum atomic E-state index is 13.9. The Balaban J connectivity index is 2.05. The summed E-state index contributed by atoms with van der Waals surface area (Å²) in [5.74, 6) is -0.555. The van der Waals surface area contributed by atoms with Crippen LogP contribution in [0.1, 0.15) is 26.3 Å². The van der Waals surface area contributed by atoms with E-state index in [1.165, 1.54) is 18.2 Å². The molecule has 0 unspecified atom stereocenters. The fraction of sp³-hybridized carbons (Fsp3) is 0.278. The van der Waals surface area contributed by atoms with Gasteiger partial charge in [-0.05, 0) is 56.7 Å². The molecule has 25 heavy (non-hydrogen) atoms. The summed E-state index contributed by atoms with van der Waals surface area (Å²) in [7, 11) is 0. The number of amides is 1. The standard InChI is InChI=1S/C18H20ClFN2O3/c1-18(2,3)25-17(24)22-15-9-12(5-6-14(15)20)21-10-11-4-7-16(23)13(19)8-11/h4-9,21,23H,10H2,1-3H3,(H,22,24). The summed E-state index contributed by atoms with van der Waals surface area (Å²) in [4.78, 5) is 11.8. The van der Waals surface area contributed by atoms with E-state index in [0.717, 1.165) is 5.56 Å². The van der Waals surface area contributed by atoms with Gasteiger partial charge in [-0.1, -0.05) is 17.7 Å². The molecule has 0 aliphatic carbocycles. The van der Waals surface area contributed by atoms with E-state index in [-0.39, 0.29) is 16.5 Å². The molecule has 2 rings (SSSR count). The average Bonchev–Trinajstić information content (AvgIpc) is 2.49. The molecule has 0 heterocycles. The van der Waals surface area contributed by atoms with Gasteiger partial charge in [0, 0.05) is 12.2 Å². The molecular formula is C18H20ClFN2O3. The Morgan fingerprint density at radius 2 is 1.96 bits per heavy atom. The van der Waals surface area contributed by atoms with E-state index in [4.69, 9.17) is 16.3 Å². The predicted molar refractivity (Wildman–Crippen MR) is 96.7 cm³/mol. The van der Waals surface area contributed by atoms with Crippen molar-refractivity contribution >= 4 is 29.1 Å². The third-order valence-electron chi connectivity index (χ3n) is 3.11. The van der Waals surface area contributed by atoms with Crippen molar-refractivity contribution in [1.82, 2.24) is 0 Å². The number of benzene rings is 2. The minimum atomic E-state index is -0.728. The predicted octanol–water partition coefficient (Wildman–Crippen LogP) is 5.14. The summed E-state index contributed by atoms with van der Waals surface area (Å²) >= 11 is 5.86. The molecule has 0 atom stereocenters. The average molecular weight is 367 g/mol. The minimum Gasteiger partial charge on any atom is -0.506 e. The number of phenols is 1. The van der Waals surface area contributed by atoms with Crippen molar-refractivity contribution in [2.75, 3.05) is 10.6 Å². The van der Waals surface area contributed by atoms with Crippen molar-refractivity contribution in [3.8, 4) is 5.75 Å². The van der Waals surface area contributed by atoms with Crippen LogP contribution in [0.5, 0.6) is 5.75 Å². The molecular weight excluding hydrogens is 347 g/mol. The molecule has 0 spiro atoms. The fourth-order valence-electron chi connectivity index (χ4n) is 2.01. The number of carbonyl (C=O) groups is 1. The number of carbonyl (C=O) groups excluding carboxylic acids is 1. The van der Waals surface area contributed by atoms with Gasteiger partial charge in [-0.3, -0.25) is 5.32 Å². The highest BCUT2D eigenvalue weighted by molar-refractivity contribution is 6.32. The summed E-state index contributed by atoms with van der Waals surface area (Å²) < 4.78 is 19.0. The van der Waals surface area contributed by atoms with E-state index < -0.39 is 17.5 Å². The first-order chi connectivity index (χ1) is 11.6. The number of hydrogen-bond donors (Lipinski definition) is 3. The first-order valence-corrected chi connectivity index (χ1v) is 8.03. The SMILES string of the molecule is CC(C)(C)OC(=O)Nc1cc(NCc2ccc(O)c(Cl)c2)ccc1F. The van der Waals surface area contributed by atoms with Gasteiger partial charge in [0.25, 0.3) is 0 Å². The van der Waals surface area contributed by atoms with Crippen molar-refractivity contribution in [1.29, 1.82) is 0 Å². The number of anilines is 2. The monoisotopic (exact) mass is 366 g/mol. The zero-order valence-corrected chi connectivity index (χ0v) is 14.9. The highest BCUT2D eigenvalue weighted by Crippen LogP contribution is 2.25. The maximum Gasteiger partial charge on any atom is 0.412 e. The summed E-state index contributed by atoms with van der Waals surface area (Å²) in [5.41, 5.74) is 0.794. The Hall–Kier alpha value is -2.47. The topological polar surface area (TPSA) is 70.6 Å². The molecule has 0 aromatic heterocycles. The van der Waals surface area contributed by atoms with Crippen molar-refractivity contribution in [3.63, 3.8) is 0 Å². The van der Waals surface area contributed by atoms with Gasteiger partial charge in [0.1, 0.15) is 17.2 Å². The van der Waals surface area contributed by atoms with Crippen LogP contribution in [0.15, 0.2) is 36.4 Å². The number of phenolic OH excluding ortho intramolecular Hbond substituents is 1. The van der Waals surface area contributed by atoms with Crippen LogP contribution < -0.4 is 10.6 Å². The highest BCUT2D eigenvalue weighted by atomic mass is 35.5. The largest absolute Gasteiger partial charge is 0.506 e. The summed E-state index contributed by atoms with van der Waals surface area (Å²) in [5, 5.41) is 15.2. The molecule has 3 N–H and O–H groups in total. The number of aromatic hydroxyl groups is 1. The van der Waals surface area contributed by atoms with Gasteiger partial charge in [0.15, 0.2) is 0 Å². The molecule has 1 amide bonds. The Labute approximate surface area is 150 Å². The molecule has 0 saturated carbocycles. The Morgan fingerprint density at radius 1 is 1.24 bits per heavy atom. The molecule has 2 aromatic carbocycles. The van der Waals surface area contributed by atoms with E-state index in [1.54, 1.807) is 39.0 Å². The van der Waals surface area contributed by atoms with Crippen molar-refractivity contribution in [2.24, 2.45) is 0 Å². The van der Waals surface area contributed by atoms with Gasteiger partial charge >= 0.3 is 6.09 Å². The summed E-state index contributed by atoms with van der Waals surface area (Å²) in [6, 6.07) is 9.13. The summed E-state index contributed by atoms with van der Waals surface area (Å²) in [6.07, 6.45) is -0.728. The Morgan fingerprint density at radius 3 is 2.60 bits per heavy atom. The van der Waals surface area contributed by atoms with Gasteiger partial charge in [-0.15, -0.1) is 0 Å². The van der Waals surface area contributed by atoms with Crippen LogP contribution in [0, 0.1) is 5.82 Å². The molecule has 0 fully saturated rings. The normalized spacial score (nSPS) is 11.1. The Bertz CT molecular complexity index is 775. The van der Waals surface area contributed by atoms with Crippen LogP contribution in [0.2, 0.25) is 5.02 Å². The first-order valence-electron chi connectivity index (χ1n) is 7.65. The second-order valence-electron chi connectivity index (χ2n) is 6.46. The van der Waals surface area contributed by atoms with Crippen LogP contribution in [-0.2, 0) is 11.3 Å². The zero-order chi connectivity index (χ0) is 18.6. The van der Waals surface area contributed by atoms with E-state index in [9.17, 15) is 14.3 Å². The molecule has 134 valence electrons. The van der Waals surface area contributed by atoms with Crippen LogP contribution >= 0.6 is 11.6 Å². The molecule has 0 aliphatic rings. The molecule has 0 saturated heterocycles. The summed E-state index contributed by atoms with van der Waals surface area (Å²) in [6.45, 7) is 5.59.